The van der Waals surface area contributed by atoms with Crippen molar-refractivity contribution in [2.45, 2.75) is 63.9 Å². The highest BCUT2D eigenvalue weighted by molar-refractivity contribution is 7.52. The maximum Gasteiger partial charge on any atom is 0.459 e. The van der Waals surface area contributed by atoms with Crippen molar-refractivity contribution in [2.75, 3.05) is 13.2 Å². The van der Waals surface area contributed by atoms with Crippen LogP contribution in [0.5, 0.6) is 5.75 Å². The van der Waals surface area contributed by atoms with E-state index in [1.165, 1.54) is 20.0 Å². The summed E-state index contributed by atoms with van der Waals surface area (Å²) in [6.45, 7) is 5.96. The fraction of sp³-hybridized carbons (Fsp3) is 0.462. The number of urea groups is 1. The highest BCUT2D eigenvalue weighted by Crippen LogP contribution is 2.47. The number of fused-ring (bicyclic) bond motifs is 1. The predicted octanol–water partition coefficient (Wildman–Crippen LogP) is 2.65. The Morgan fingerprint density at radius 1 is 1.26 bits per heavy atom. The summed E-state index contributed by atoms with van der Waals surface area (Å²) < 4.78 is 36.4. The third kappa shape index (κ3) is 6.60. The second-order valence-electron chi connectivity index (χ2n) is 9.91. The molecule has 6 unspecified atom stereocenters. The van der Waals surface area contributed by atoms with Crippen LogP contribution in [0.2, 0.25) is 0 Å². The summed E-state index contributed by atoms with van der Waals surface area (Å²) in [4.78, 5) is 25.9. The standard InChI is InChI=1S/C26H34N3O9P/c1-16(2)36-23(31)17(3)28-39(34,38-20-11-10-18-8-5-6-9-19(18)14-20)35-15-21-22(30)26(4,33)24(37-21)29-13-7-12-27-25(29)32/h5-11,13-14,16-17,21-22,24,30,33H,12,15H2,1-4H3,(H,27,32)(H,28,34). The van der Waals surface area contributed by atoms with Crippen LogP contribution >= 0.6 is 7.75 Å². The maximum absolute atomic E-state index is 13.9. The molecule has 12 nitrogen and oxygen atoms in total. The van der Waals surface area contributed by atoms with Crippen LogP contribution in [0.25, 0.3) is 10.8 Å². The van der Waals surface area contributed by atoms with Crippen LogP contribution in [0.3, 0.4) is 0 Å². The van der Waals surface area contributed by atoms with E-state index in [0.717, 1.165) is 15.7 Å². The Morgan fingerprint density at radius 2 is 1.97 bits per heavy atom. The molecule has 1 saturated heterocycles. The van der Waals surface area contributed by atoms with Crippen LogP contribution in [0.15, 0.2) is 54.7 Å². The van der Waals surface area contributed by atoms with Gasteiger partial charge < -0.3 is 29.5 Å². The van der Waals surface area contributed by atoms with Crippen LogP contribution in [-0.2, 0) is 23.4 Å². The zero-order valence-corrected chi connectivity index (χ0v) is 23.0. The molecule has 0 aromatic heterocycles. The first-order valence-electron chi connectivity index (χ1n) is 12.6. The van der Waals surface area contributed by atoms with E-state index in [-0.39, 0.29) is 5.75 Å². The SMILES string of the molecule is CC(C)OC(=O)C(C)NP(=O)(OCC1OC(N2C=CCNC2=O)C(C)(O)C1O)Oc1ccc2ccccc2c1. The second kappa shape index (κ2) is 11.6. The average Bonchev–Trinajstić information content (AvgIpc) is 3.10. The molecule has 2 heterocycles. The molecule has 4 rings (SSSR count). The van der Waals surface area contributed by atoms with E-state index in [4.69, 9.17) is 18.5 Å². The van der Waals surface area contributed by atoms with E-state index < -0.39 is 62.5 Å². The van der Waals surface area contributed by atoms with Gasteiger partial charge in [-0.05, 0) is 56.7 Å². The molecule has 2 aromatic carbocycles. The number of benzene rings is 2. The highest BCUT2D eigenvalue weighted by atomic mass is 31.2. The summed E-state index contributed by atoms with van der Waals surface area (Å²) >= 11 is 0. The third-order valence-corrected chi connectivity index (χ3v) is 7.94. The molecule has 2 aliphatic heterocycles. The van der Waals surface area contributed by atoms with Crippen LogP contribution in [0.1, 0.15) is 27.7 Å². The number of nitrogens with one attached hydrogen (secondary N) is 2. The lowest BCUT2D eigenvalue weighted by atomic mass is 9.96. The van der Waals surface area contributed by atoms with Gasteiger partial charge in [0.25, 0.3) is 0 Å². The molecule has 212 valence electrons. The van der Waals surface area contributed by atoms with Gasteiger partial charge in [0.1, 0.15) is 29.6 Å². The Bertz CT molecular complexity index is 1280. The van der Waals surface area contributed by atoms with Gasteiger partial charge in [0.2, 0.25) is 0 Å². The Morgan fingerprint density at radius 3 is 2.67 bits per heavy atom. The monoisotopic (exact) mass is 563 g/mol. The summed E-state index contributed by atoms with van der Waals surface area (Å²) in [5.41, 5.74) is -1.88. The number of rotatable bonds is 10. The first kappa shape index (κ1) is 29.0. The second-order valence-corrected chi connectivity index (χ2v) is 11.6. The summed E-state index contributed by atoms with van der Waals surface area (Å²) in [7, 11) is -4.29. The number of ether oxygens (including phenoxy) is 2. The van der Waals surface area contributed by atoms with Gasteiger partial charge in [-0.25, -0.2) is 9.36 Å². The summed E-state index contributed by atoms with van der Waals surface area (Å²) in [6.07, 6.45) is -1.24. The molecule has 2 aliphatic rings. The zero-order valence-electron chi connectivity index (χ0n) is 22.1. The van der Waals surface area contributed by atoms with Crippen molar-refractivity contribution in [3.63, 3.8) is 0 Å². The molecule has 39 heavy (non-hydrogen) atoms. The highest BCUT2D eigenvalue weighted by Gasteiger charge is 2.56. The Kier molecular flexibility index (Phi) is 8.65. The van der Waals surface area contributed by atoms with E-state index in [9.17, 15) is 24.4 Å². The van der Waals surface area contributed by atoms with E-state index in [2.05, 4.69) is 10.4 Å². The van der Waals surface area contributed by atoms with Gasteiger partial charge in [0.05, 0.1) is 12.7 Å². The van der Waals surface area contributed by atoms with E-state index >= 15 is 0 Å². The number of nitrogens with zero attached hydrogens (tertiary/aromatic N) is 1. The number of hydrogen-bond donors (Lipinski definition) is 4. The summed E-state index contributed by atoms with van der Waals surface area (Å²) in [6, 6.07) is 11.0. The molecule has 13 heteroatoms. The number of carbonyl (C=O) groups excluding carboxylic acids is 2. The van der Waals surface area contributed by atoms with Gasteiger partial charge in [-0.3, -0.25) is 14.2 Å². The number of aliphatic hydroxyl groups excluding tert-OH is 1. The van der Waals surface area contributed by atoms with Crippen molar-refractivity contribution in [3.05, 3.63) is 54.7 Å². The first-order chi connectivity index (χ1) is 18.4. The minimum Gasteiger partial charge on any atom is -0.462 e. The number of esters is 1. The first-order valence-corrected chi connectivity index (χ1v) is 14.1. The van der Waals surface area contributed by atoms with Gasteiger partial charge in [-0.15, -0.1) is 0 Å². The lowest BCUT2D eigenvalue weighted by molar-refractivity contribution is -0.149. The number of carbonyl (C=O) groups is 2. The topological polar surface area (TPSA) is 156 Å². The molecule has 2 aromatic rings. The molecule has 4 N–H and O–H groups in total. The predicted molar refractivity (Wildman–Crippen MR) is 142 cm³/mol. The Labute approximate surface area is 226 Å². The molecule has 0 saturated carbocycles. The third-order valence-electron chi connectivity index (χ3n) is 6.29. The lowest BCUT2D eigenvalue weighted by Gasteiger charge is -2.34. The molecule has 0 aliphatic carbocycles. The normalized spacial score (nSPS) is 27.3. The van der Waals surface area contributed by atoms with Crippen LogP contribution in [0, 0.1) is 0 Å². The fourth-order valence-corrected chi connectivity index (χ4v) is 5.78. The van der Waals surface area contributed by atoms with Crippen LogP contribution in [0.4, 0.5) is 4.79 Å². The van der Waals surface area contributed by atoms with Crippen molar-refractivity contribution in [3.8, 4) is 5.75 Å². The van der Waals surface area contributed by atoms with Crippen LogP contribution < -0.4 is 14.9 Å². The molecule has 6 atom stereocenters. The maximum atomic E-state index is 13.9. The molecule has 1 fully saturated rings. The van der Waals surface area contributed by atoms with Gasteiger partial charge in [-0.1, -0.05) is 30.3 Å². The van der Waals surface area contributed by atoms with Crippen LogP contribution in [-0.4, -0.2) is 76.4 Å². The average molecular weight is 564 g/mol. The van der Waals surface area contributed by atoms with Gasteiger partial charge in [0, 0.05) is 12.7 Å². The van der Waals surface area contributed by atoms with Gasteiger partial charge in [-0.2, -0.15) is 5.09 Å². The van der Waals surface area contributed by atoms with Crippen molar-refractivity contribution in [1.82, 2.24) is 15.3 Å². The number of hydrogen-bond acceptors (Lipinski definition) is 9. The largest absolute Gasteiger partial charge is 0.462 e. The number of aliphatic hydroxyl groups is 2. The molecular weight excluding hydrogens is 529 g/mol. The zero-order chi connectivity index (χ0) is 28.4. The van der Waals surface area contributed by atoms with Gasteiger partial charge >= 0.3 is 19.7 Å². The smallest absolute Gasteiger partial charge is 0.459 e. The quantitative estimate of drug-likeness (QED) is 0.250. The molecule has 2 amide bonds. The Balaban J connectivity index is 1.54. The van der Waals surface area contributed by atoms with Crippen molar-refractivity contribution < 1.29 is 42.9 Å². The lowest BCUT2D eigenvalue weighted by Crippen LogP contribution is -2.56. The van der Waals surface area contributed by atoms with Gasteiger partial charge in [0.15, 0.2) is 6.23 Å². The molecule has 0 bridgehead atoms. The summed E-state index contributed by atoms with van der Waals surface area (Å²) in [5.74, 6) is -0.458. The minimum atomic E-state index is -4.29. The fourth-order valence-electron chi connectivity index (χ4n) is 4.28. The number of amides is 2. The molecule has 0 radical (unpaired) electrons. The van der Waals surface area contributed by atoms with E-state index in [1.54, 1.807) is 38.1 Å². The van der Waals surface area contributed by atoms with E-state index in [0.29, 0.717) is 6.54 Å². The summed E-state index contributed by atoms with van der Waals surface area (Å²) in [5, 5.41) is 28.7. The van der Waals surface area contributed by atoms with Crippen molar-refractivity contribution in [1.29, 1.82) is 0 Å². The van der Waals surface area contributed by atoms with Crippen molar-refractivity contribution >= 4 is 30.5 Å². The minimum absolute atomic E-state index is 0.210. The Hall–Kier alpha value is -2.99. The molecular formula is C26H34N3O9P. The molecule has 0 spiro atoms. The van der Waals surface area contributed by atoms with Crippen molar-refractivity contribution in [2.24, 2.45) is 0 Å². The van der Waals surface area contributed by atoms with E-state index in [1.807, 2.05) is 24.3 Å².